The number of nitro benzene ring substituents is 1. The summed E-state index contributed by atoms with van der Waals surface area (Å²) in [4.78, 5) is 10.3. The number of non-ortho nitro benzene ring substituents is 1. The van der Waals surface area contributed by atoms with Crippen molar-refractivity contribution in [2.45, 2.75) is 6.92 Å². The zero-order valence-corrected chi connectivity index (χ0v) is 10.7. The summed E-state index contributed by atoms with van der Waals surface area (Å²) in [6, 6.07) is 11.9. The Balaban J connectivity index is 2.26. The summed E-state index contributed by atoms with van der Waals surface area (Å²) in [5.41, 5.74) is 1.85. The molecule has 0 aromatic heterocycles. The number of nitrogens with one attached hydrogen (secondary N) is 1. The van der Waals surface area contributed by atoms with Crippen molar-refractivity contribution in [1.29, 1.82) is 0 Å². The van der Waals surface area contributed by atoms with E-state index in [4.69, 9.17) is 4.74 Å². The van der Waals surface area contributed by atoms with Gasteiger partial charge < -0.3 is 10.1 Å². The summed E-state index contributed by atoms with van der Waals surface area (Å²) in [5, 5.41) is 13.8. The molecule has 0 bridgehead atoms. The van der Waals surface area contributed by atoms with E-state index in [0.29, 0.717) is 11.5 Å². The van der Waals surface area contributed by atoms with Crippen molar-refractivity contribution in [3.63, 3.8) is 0 Å². The van der Waals surface area contributed by atoms with Gasteiger partial charge in [-0.2, -0.15) is 0 Å². The van der Waals surface area contributed by atoms with Gasteiger partial charge >= 0.3 is 0 Å². The molecule has 2 rings (SSSR count). The van der Waals surface area contributed by atoms with Gasteiger partial charge in [0, 0.05) is 18.8 Å². The third-order valence-corrected chi connectivity index (χ3v) is 2.75. The Bertz CT molecular complexity index is 594. The highest BCUT2D eigenvalue weighted by atomic mass is 16.6. The van der Waals surface area contributed by atoms with E-state index < -0.39 is 4.92 Å². The van der Waals surface area contributed by atoms with Crippen molar-refractivity contribution in [3.05, 3.63) is 58.1 Å². The number of aryl methyl sites for hydroxylation is 1. The van der Waals surface area contributed by atoms with Gasteiger partial charge in [-0.15, -0.1) is 0 Å². The monoisotopic (exact) mass is 258 g/mol. The Hall–Kier alpha value is -2.56. The van der Waals surface area contributed by atoms with Gasteiger partial charge in [0.25, 0.3) is 5.69 Å². The number of ether oxygens (including phenoxy) is 1. The van der Waals surface area contributed by atoms with Crippen LogP contribution in [-0.4, -0.2) is 12.0 Å². The molecular weight excluding hydrogens is 244 g/mol. The van der Waals surface area contributed by atoms with E-state index in [-0.39, 0.29) is 5.69 Å². The molecule has 1 N–H and O–H groups in total. The highest BCUT2D eigenvalue weighted by molar-refractivity contribution is 5.49. The van der Waals surface area contributed by atoms with E-state index in [0.717, 1.165) is 11.3 Å². The van der Waals surface area contributed by atoms with Crippen molar-refractivity contribution in [1.82, 2.24) is 0 Å². The minimum Gasteiger partial charge on any atom is -0.457 e. The van der Waals surface area contributed by atoms with Crippen LogP contribution in [0.25, 0.3) is 0 Å². The predicted octanol–water partition coefficient (Wildman–Crippen LogP) is 3.74. The van der Waals surface area contributed by atoms with Gasteiger partial charge in [0.1, 0.15) is 11.5 Å². The summed E-state index contributed by atoms with van der Waals surface area (Å²) >= 11 is 0. The maximum absolute atomic E-state index is 10.7. The third kappa shape index (κ3) is 3.01. The maximum atomic E-state index is 10.7. The quantitative estimate of drug-likeness (QED) is 0.670. The molecule has 5 nitrogen and oxygen atoms in total. The Morgan fingerprint density at radius 2 is 1.84 bits per heavy atom. The van der Waals surface area contributed by atoms with Crippen LogP contribution in [0.5, 0.6) is 11.5 Å². The molecule has 0 aliphatic carbocycles. The van der Waals surface area contributed by atoms with Crippen LogP contribution in [0.4, 0.5) is 11.4 Å². The van der Waals surface area contributed by atoms with Gasteiger partial charge in [0.05, 0.1) is 11.0 Å². The first-order valence-corrected chi connectivity index (χ1v) is 5.81. The molecule has 0 radical (unpaired) electrons. The number of benzene rings is 2. The molecule has 2 aromatic carbocycles. The van der Waals surface area contributed by atoms with Crippen molar-refractivity contribution in [2.24, 2.45) is 0 Å². The van der Waals surface area contributed by atoms with E-state index >= 15 is 0 Å². The molecule has 2 aromatic rings. The SMILES string of the molecule is CNc1ccc(Oc2cc([N+](=O)[O-])ccc2C)cc1. The Labute approximate surface area is 111 Å². The van der Waals surface area contributed by atoms with Gasteiger partial charge in [0.15, 0.2) is 0 Å². The molecule has 0 saturated heterocycles. The van der Waals surface area contributed by atoms with Crippen LogP contribution in [0, 0.1) is 17.0 Å². The first-order chi connectivity index (χ1) is 9.10. The number of nitro groups is 1. The standard InChI is InChI=1S/C14H14N2O3/c1-10-3-6-12(16(17)18)9-14(10)19-13-7-4-11(15-2)5-8-13/h3-9,15H,1-2H3. The second-order valence-electron chi connectivity index (χ2n) is 4.08. The minimum absolute atomic E-state index is 0.0208. The van der Waals surface area contributed by atoms with E-state index in [1.165, 1.54) is 12.1 Å². The minimum atomic E-state index is -0.434. The van der Waals surface area contributed by atoms with Gasteiger partial charge in [-0.05, 0) is 42.8 Å². The average molecular weight is 258 g/mol. The second-order valence-corrected chi connectivity index (χ2v) is 4.08. The molecule has 19 heavy (non-hydrogen) atoms. The normalized spacial score (nSPS) is 10.0. The molecule has 0 amide bonds. The highest BCUT2D eigenvalue weighted by Gasteiger charge is 2.10. The largest absolute Gasteiger partial charge is 0.457 e. The van der Waals surface area contributed by atoms with E-state index in [2.05, 4.69) is 5.32 Å². The molecule has 0 fully saturated rings. The summed E-state index contributed by atoms with van der Waals surface area (Å²) in [6.07, 6.45) is 0. The lowest BCUT2D eigenvalue weighted by Crippen LogP contribution is -1.92. The predicted molar refractivity (Wildman–Crippen MR) is 73.9 cm³/mol. The first-order valence-electron chi connectivity index (χ1n) is 5.81. The van der Waals surface area contributed by atoms with Gasteiger partial charge in [-0.3, -0.25) is 10.1 Å². The lowest BCUT2D eigenvalue weighted by atomic mass is 10.2. The average Bonchev–Trinajstić information content (AvgIpc) is 2.42. The number of hydrogen-bond acceptors (Lipinski definition) is 4. The Kier molecular flexibility index (Phi) is 3.66. The number of anilines is 1. The fraction of sp³-hybridized carbons (Fsp3) is 0.143. The molecule has 0 spiro atoms. The maximum Gasteiger partial charge on any atom is 0.273 e. The fourth-order valence-electron chi connectivity index (χ4n) is 1.63. The van der Waals surface area contributed by atoms with Crippen molar-refractivity contribution in [3.8, 4) is 11.5 Å². The van der Waals surface area contributed by atoms with E-state index in [9.17, 15) is 10.1 Å². The van der Waals surface area contributed by atoms with Gasteiger partial charge in [0.2, 0.25) is 0 Å². The van der Waals surface area contributed by atoms with Crippen LogP contribution in [0.3, 0.4) is 0 Å². The van der Waals surface area contributed by atoms with Crippen LogP contribution in [-0.2, 0) is 0 Å². The van der Waals surface area contributed by atoms with Crippen LogP contribution < -0.4 is 10.1 Å². The molecule has 0 saturated carbocycles. The lowest BCUT2D eigenvalue weighted by molar-refractivity contribution is -0.384. The van der Waals surface area contributed by atoms with E-state index in [1.54, 1.807) is 6.07 Å². The zero-order valence-electron chi connectivity index (χ0n) is 10.7. The number of nitrogens with zero attached hydrogens (tertiary/aromatic N) is 1. The number of rotatable bonds is 4. The molecule has 0 atom stereocenters. The molecule has 5 heteroatoms. The molecule has 0 aliphatic heterocycles. The van der Waals surface area contributed by atoms with Crippen LogP contribution in [0.1, 0.15) is 5.56 Å². The second kappa shape index (κ2) is 5.39. The van der Waals surface area contributed by atoms with Crippen LogP contribution in [0.15, 0.2) is 42.5 Å². The summed E-state index contributed by atoms with van der Waals surface area (Å²) in [6.45, 7) is 1.85. The first kappa shape index (κ1) is 12.9. The molecule has 0 unspecified atom stereocenters. The summed E-state index contributed by atoms with van der Waals surface area (Å²) in [7, 11) is 1.83. The zero-order chi connectivity index (χ0) is 13.8. The molecule has 0 aliphatic rings. The van der Waals surface area contributed by atoms with Crippen molar-refractivity contribution >= 4 is 11.4 Å². The molecule has 0 heterocycles. The van der Waals surface area contributed by atoms with Crippen molar-refractivity contribution < 1.29 is 9.66 Å². The lowest BCUT2D eigenvalue weighted by Gasteiger charge is -2.09. The summed E-state index contributed by atoms with van der Waals surface area (Å²) < 4.78 is 5.67. The smallest absolute Gasteiger partial charge is 0.273 e. The van der Waals surface area contributed by atoms with Crippen LogP contribution in [0.2, 0.25) is 0 Å². The van der Waals surface area contributed by atoms with Crippen LogP contribution >= 0.6 is 0 Å². The van der Waals surface area contributed by atoms with Gasteiger partial charge in [-0.25, -0.2) is 0 Å². The summed E-state index contributed by atoms with van der Waals surface area (Å²) in [5.74, 6) is 1.13. The Morgan fingerprint density at radius 3 is 2.42 bits per heavy atom. The fourth-order valence-corrected chi connectivity index (χ4v) is 1.63. The highest BCUT2D eigenvalue weighted by Crippen LogP contribution is 2.29. The van der Waals surface area contributed by atoms with Crippen molar-refractivity contribution in [2.75, 3.05) is 12.4 Å². The van der Waals surface area contributed by atoms with E-state index in [1.807, 2.05) is 38.2 Å². The third-order valence-electron chi connectivity index (χ3n) is 2.75. The Morgan fingerprint density at radius 1 is 1.16 bits per heavy atom. The molecule has 98 valence electrons. The molecular formula is C14H14N2O3. The van der Waals surface area contributed by atoms with Gasteiger partial charge in [-0.1, -0.05) is 0 Å². The number of hydrogen-bond donors (Lipinski definition) is 1. The topological polar surface area (TPSA) is 64.4 Å².